The van der Waals surface area contributed by atoms with Gasteiger partial charge in [-0.15, -0.1) is 0 Å². The Balaban J connectivity index is 1.25. The number of benzene rings is 9. The van der Waals surface area contributed by atoms with Gasteiger partial charge in [0.05, 0.1) is 28.1 Å². The first-order valence-corrected chi connectivity index (χ1v) is 20.9. The van der Waals surface area contributed by atoms with Crippen molar-refractivity contribution in [2.45, 2.75) is 38.0 Å². The van der Waals surface area contributed by atoms with Crippen LogP contribution in [0.15, 0.2) is 200 Å². The smallest absolute Gasteiger partial charge is 0.0782 e. The van der Waals surface area contributed by atoms with Gasteiger partial charge < -0.3 is 9.47 Å². The molecule has 0 atom stereocenters. The Kier molecular flexibility index (Phi) is 8.62. The van der Waals surface area contributed by atoms with Gasteiger partial charge in [0, 0.05) is 27.6 Å². The van der Waals surface area contributed by atoms with Gasteiger partial charge in [0.1, 0.15) is 0 Å². The van der Waals surface area contributed by atoms with Gasteiger partial charge in [0.25, 0.3) is 0 Å². The average Bonchev–Trinajstić information content (AvgIpc) is 3.65. The fourth-order valence-electron chi connectivity index (χ4n) is 10.0. The molecule has 0 amide bonds. The summed E-state index contributed by atoms with van der Waals surface area (Å²) in [6, 6.07) is 74.1. The third kappa shape index (κ3) is 5.71. The third-order valence-corrected chi connectivity index (χ3v) is 12.6. The zero-order valence-corrected chi connectivity index (χ0v) is 32.6. The molecule has 1 heterocycles. The molecule has 10 aromatic rings. The number of para-hydroxylation sites is 5. The van der Waals surface area contributed by atoms with Crippen LogP contribution >= 0.6 is 0 Å². The first kappa shape index (κ1) is 34.4. The molecular weight excluding hydrogens is 701 g/mol. The van der Waals surface area contributed by atoms with E-state index in [1.165, 1.54) is 103 Å². The molecular formula is C56H44N2. The fraction of sp³-hybridized carbons (Fsp3) is 0.107. The van der Waals surface area contributed by atoms with Gasteiger partial charge in [-0.05, 0) is 93.4 Å². The van der Waals surface area contributed by atoms with Crippen LogP contribution in [0.2, 0.25) is 0 Å². The summed E-state index contributed by atoms with van der Waals surface area (Å²) in [6.07, 6.45) is 6.46. The van der Waals surface area contributed by atoms with Crippen molar-refractivity contribution in [1.82, 2.24) is 4.57 Å². The average molecular weight is 745 g/mol. The Morgan fingerprint density at radius 1 is 0.379 bits per heavy atom. The minimum Gasteiger partial charge on any atom is -0.307 e. The highest BCUT2D eigenvalue weighted by Crippen LogP contribution is 2.50. The van der Waals surface area contributed by atoms with E-state index in [1.807, 2.05) is 0 Å². The molecule has 11 rings (SSSR count). The van der Waals surface area contributed by atoms with Gasteiger partial charge in [0.15, 0.2) is 0 Å². The predicted octanol–water partition coefficient (Wildman–Crippen LogP) is 15.9. The van der Waals surface area contributed by atoms with E-state index in [9.17, 15) is 0 Å². The van der Waals surface area contributed by atoms with Crippen LogP contribution in [0.4, 0.5) is 17.1 Å². The summed E-state index contributed by atoms with van der Waals surface area (Å²) >= 11 is 0. The van der Waals surface area contributed by atoms with E-state index in [4.69, 9.17) is 0 Å². The Morgan fingerprint density at radius 2 is 0.914 bits per heavy atom. The zero-order valence-electron chi connectivity index (χ0n) is 32.6. The van der Waals surface area contributed by atoms with Crippen LogP contribution in [-0.4, -0.2) is 4.57 Å². The van der Waals surface area contributed by atoms with Crippen LogP contribution in [0.5, 0.6) is 0 Å². The van der Waals surface area contributed by atoms with Gasteiger partial charge in [-0.2, -0.15) is 0 Å². The molecule has 58 heavy (non-hydrogen) atoms. The van der Waals surface area contributed by atoms with Crippen LogP contribution in [0, 0.1) is 0 Å². The van der Waals surface area contributed by atoms with E-state index < -0.39 is 0 Å². The molecule has 0 spiro atoms. The monoisotopic (exact) mass is 744 g/mol. The van der Waals surface area contributed by atoms with Crippen LogP contribution in [0.3, 0.4) is 0 Å². The normalized spacial score (nSPS) is 13.4. The number of nitrogens with zero attached hydrogens (tertiary/aromatic N) is 2. The van der Waals surface area contributed by atoms with Crippen molar-refractivity contribution in [2.24, 2.45) is 0 Å². The molecule has 0 saturated heterocycles. The van der Waals surface area contributed by atoms with E-state index in [1.54, 1.807) is 0 Å². The third-order valence-electron chi connectivity index (χ3n) is 12.6. The van der Waals surface area contributed by atoms with Crippen LogP contribution in [0.1, 0.15) is 43.6 Å². The SMILES string of the molecule is c1ccc(-n2c3ccccc3c3cccc(N(c4ccccc4-c4cccc5ccccc45)c4ccccc4-c4cccc5cccc(C6CCCCC6)c45)c32)cc1. The second-order valence-electron chi connectivity index (χ2n) is 15.8. The van der Waals surface area contributed by atoms with Crippen molar-refractivity contribution in [1.29, 1.82) is 0 Å². The minimum absolute atomic E-state index is 0.573. The molecule has 0 bridgehead atoms. The maximum absolute atomic E-state index is 2.56. The van der Waals surface area contributed by atoms with Crippen molar-refractivity contribution < 1.29 is 0 Å². The van der Waals surface area contributed by atoms with Crippen molar-refractivity contribution in [3.05, 3.63) is 206 Å². The molecule has 1 saturated carbocycles. The van der Waals surface area contributed by atoms with E-state index in [-0.39, 0.29) is 0 Å². The number of rotatable bonds is 7. The summed E-state index contributed by atoms with van der Waals surface area (Å²) in [4.78, 5) is 2.56. The van der Waals surface area contributed by atoms with Crippen LogP contribution < -0.4 is 4.90 Å². The number of hydrogen-bond acceptors (Lipinski definition) is 1. The number of aromatic nitrogens is 1. The van der Waals surface area contributed by atoms with Gasteiger partial charge in [-0.3, -0.25) is 0 Å². The van der Waals surface area contributed by atoms with E-state index in [0.29, 0.717) is 5.92 Å². The molecule has 0 unspecified atom stereocenters. The predicted molar refractivity (Wildman–Crippen MR) is 247 cm³/mol. The van der Waals surface area contributed by atoms with E-state index in [2.05, 4.69) is 210 Å². The lowest BCUT2D eigenvalue weighted by Gasteiger charge is -2.31. The van der Waals surface area contributed by atoms with Crippen molar-refractivity contribution >= 4 is 60.4 Å². The number of hydrogen-bond donors (Lipinski definition) is 0. The number of fused-ring (bicyclic) bond motifs is 5. The molecule has 1 aliphatic carbocycles. The Labute approximate surface area is 340 Å². The van der Waals surface area contributed by atoms with Crippen LogP contribution in [0.25, 0.3) is 71.3 Å². The maximum atomic E-state index is 2.56. The Bertz CT molecular complexity index is 3100. The topological polar surface area (TPSA) is 8.17 Å². The molecule has 1 aliphatic rings. The molecule has 1 fully saturated rings. The lowest BCUT2D eigenvalue weighted by atomic mass is 9.80. The second-order valence-corrected chi connectivity index (χ2v) is 15.8. The van der Waals surface area contributed by atoms with Crippen LogP contribution in [-0.2, 0) is 0 Å². The Morgan fingerprint density at radius 3 is 1.71 bits per heavy atom. The zero-order chi connectivity index (χ0) is 38.4. The van der Waals surface area contributed by atoms with E-state index >= 15 is 0 Å². The first-order valence-electron chi connectivity index (χ1n) is 20.9. The largest absolute Gasteiger partial charge is 0.307 e. The highest BCUT2D eigenvalue weighted by Gasteiger charge is 2.27. The second kappa shape index (κ2) is 14.6. The van der Waals surface area contributed by atoms with Crippen molar-refractivity contribution in [2.75, 3.05) is 4.90 Å². The summed E-state index contributed by atoms with van der Waals surface area (Å²) in [5, 5.41) is 7.65. The molecule has 0 aliphatic heterocycles. The summed E-state index contributed by atoms with van der Waals surface area (Å²) in [5.41, 5.74) is 13.4. The lowest BCUT2D eigenvalue weighted by Crippen LogP contribution is -2.14. The Hall–Kier alpha value is -6.90. The molecule has 1 aromatic heterocycles. The van der Waals surface area contributed by atoms with Crippen molar-refractivity contribution in [3.8, 4) is 27.9 Å². The highest BCUT2D eigenvalue weighted by atomic mass is 15.2. The molecule has 9 aromatic carbocycles. The number of anilines is 3. The standard InChI is InChI=1S/C56H44N2/c1-3-19-40(20-4-1)44-31-16-23-41-24-17-33-49(55(41)44)47-29-10-14-37-53(47)58(52-36-13-9-28-46(52)45-32-15-22-39-21-7-8-27-43(39)45)54-38-18-34-50-48-30-11-12-35-51(48)57(56(50)54)42-25-5-2-6-26-42/h2,5-18,21-38,40H,1,3-4,19-20H2. The molecule has 278 valence electrons. The summed E-state index contributed by atoms with van der Waals surface area (Å²) < 4.78 is 2.47. The molecule has 0 N–H and O–H groups in total. The molecule has 2 heteroatoms. The van der Waals surface area contributed by atoms with E-state index in [0.717, 1.165) is 22.7 Å². The highest BCUT2D eigenvalue weighted by molar-refractivity contribution is 6.16. The summed E-state index contributed by atoms with van der Waals surface area (Å²) in [5.74, 6) is 0.573. The first-order chi connectivity index (χ1) is 28.8. The minimum atomic E-state index is 0.573. The quantitative estimate of drug-likeness (QED) is 0.158. The van der Waals surface area contributed by atoms with Gasteiger partial charge in [-0.25, -0.2) is 0 Å². The fourth-order valence-corrected chi connectivity index (χ4v) is 10.0. The lowest BCUT2D eigenvalue weighted by molar-refractivity contribution is 0.445. The molecule has 2 nitrogen and oxygen atoms in total. The summed E-state index contributed by atoms with van der Waals surface area (Å²) in [7, 11) is 0. The maximum Gasteiger partial charge on any atom is 0.0782 e. The van der Waals surface area contributed by atoms with Gasteiger partial charge in [0.2, 0.25) is 0 Å². The van der Waals surface area contributed by atoms with Gasteiger partial charge >= 0.3 is 0 Å². The summed E-state index contributed by atoms with van der Waals surface area (Å²) in [6.45, 7) is 0. The van der Waals surface area contributed by atoms with Gasteiger partial charge in [-0.1, -0.05) is 183 Å². The molecule has 0 radical (unpaired) electrons. The van der Waals surface area contributed by atoms with Crippen molar-refractivity contribution in [3.63, 3.8) is 0 Å².